The van der Waals surface area contributed by atoms with Crippen LogP contribution in [0, 0.1) is 0 Å². The zero-order valence-electron chi connectivity index (χ0n) is 9.29. The Labute approximate surface area is 96.5 Å². The van der Waals surface area contributed by atoms with Gasteiger partial charge in [-0.05, 0) is 33.1 Å². The minimum absolute atomic E-state index is 0.228. The van der Waals surface area contributed by atoms with Gasteiger partial charge >= 0.3 is 0 Å². The Morgan fingerprint density at radius 3 is 2.21 bits per heavy atom. The number of unbranched alkanes of at least 4 members (excludes halogenated alkanes) is 1. The molecule has 86 valence electrons. The molecule has 0 bridgehead atoms. The van der Waals surface area contributed by atoms with Gasteiger partial charge in [0.1, 0.15) is 0 Å². The van der Waals surface area contributed by atoms with E-state index in [1.807, 2.05) is 0 Å². The van der Waals surface area contributed by atoms with Crippen LogP contribution in [0.5, 0.6) is 0 Å². The fourth-order valence-electron chi connectivity index (χ4n) is 1.11. The van der Waals surface area contributed by atoms with Crippen LogP contribution in [0.3, 0.4) is 0 Å². The van der Waals surface area contributed by atoms with E-state index >= 15 is 0 Å². The molecule has 4 heteroatoms. The summed E-state index contributed by atoms with van der Waals surface area (Å²) in [6.07, 6.45) is 3.97. The summed E-state index contributed by atoms with van der Waals surface area (Å²) in [5.41, 5.74) is 0. The highest BCUT2D eigenvalue weighted by molar-refractivity contribution is 9.09. The normalized spacial score (nSPS) is 14.6. The molecule has 0 saturated heterocycles. The van der Waals surface area contributed by atoms with E-state index in [4.69, 9.17) is 0 Å². The molecule has 0 aromatic carbocycles. The van der Waals surface area contributed by atoms with Crippen LogP contribution in [-0.4, -0.2) is 24.2 Å². The van der Waals surface area contributed by atoms with Crippen molar-refractivity contribution in [3.63, 3.8) is 0 Å². The van der Waals surface area contributed by atoms with Gasteiger partial charge in [-0.3, -0.25) is 0 Å². The zero-order chi connectivity index (χ0) is 11.2. The van der Waals surface area contributed by atoms with E-state index in [0.717, 1.165) is 25.7 Å². The van der Waals surface area contributed by atoms with Crippen molar-refractivity contribution in [3.05, 3.63) is 0 Å². The van der Waals surface area contributed by atoms with E-state index in [0.29, 0.717) is 10.6 Å². The molecule has 2 nitrogen and oxygen atoms in total. The molecule has 14 heavy (non-hydrogen) atoms. The molecule has 0 rings (SSSR count). The topological polar surface area (TPSA) is 34.1 Å². The second kappa shape index (κ2) is 6.83. The van der Waals surface area contributed by atoms with Crippen molar-refractivity contribution >= 4 is 25.8 Å². The van der Waals surface area contributed by atoms with E-state index in [2.05, 4.69) is 22.9 Å². The molecule has 0 spiro atoms. The molecule has 1 unspecified atom stereocenters. The number of hydrogen-bond donors (Lipinski definition) is 0. The highest BCUT2D eigenvalue weighted by Crippen LogP contribution is 2.14. The Balaban J connectivity index is 3.65. The molecule has 0 aromatic rings. The highest BCUT2D eigenvalue weighted by Gasteiger charge is 2.15. The van der Waals surface area contributed by atoms with E-state index in [1.165, 1.54) is 0 Å². The van der Waals surface area contributed by atoms with Crippen molar-refractivity contribution in [3.8, 4) is 0 Å². The lowest BCUT2D eigenvalue weighted by atomic mass is 10.2. The zero-order valence-corrected chi connectivity index (χ0v) is 11.7. The number of hydrogen-bond acceptors (Lipinski definition) is 2. The summed E-state index contributed by atoms with van der Waals surface area (Å²) in [4.78, 5) is 0.546. The summed E-state index contributed by atoms with van der Waals surface area (Å²) in [5, 5.41) is -0.228. The molecule has 0 radical (unpaired) electrons. The number of halogens is 1. The van der Waals surface area contributed by atoms with Gasteiger partial charge in [-0.1, -0.05) is 29.3 Å². The SMILES string of the molecule is CCC(Br)CCCCS(=O)(=O)C(C)C. The Morgan fingerprint density at radius 1 is 1.21 bits per heavy atom. The van der Waals surface area contributed by atoms with E-state index in [-0.39, 0.29) is 5.25 Å². The third-order valence-corrected chi connectivity index (χ3v) is 5.76. The number of sulfone groups is 1. The van der Waals surface area contributed by atoms with Gasteiger partial charge in [-0.15, -0.1) is 0 Å². The van der Waals surface area contributed by atoms with Gasteiger partial charge < -0.3 is 0 Å². The quantitative estimate of drug-likeness (QED) is 0.532. The predicted octanol–water partition coefficient (Wildman–Crippen LogP) is 3.15. The minimum Gasteiger partial charge on any atom is -0.229 e. The molecule has 0 aliphatic heterocycles. The standard InChI is InChI=1S/C10H21BrO2S/c1-4-10(11)7-5-6-8-14(12,13)9(2)3/h9-10H,4-8H2,1-3H3. The highest BCUT2D eigenvalue weighted by atomic mass is 79.9. The van der Waals surface area contributed by atoms with Crippen LogP contribution in [0.15, 0.2) is 0 Å². The van der Waals surface area contributed by atoms with Crippen LogP contribution in [-0.2, 0) is 9.84 Å². The maximum atomic E-state index is 11.4. The first kappa shape index (κ1) is 14.4. The van der Waals surface area contributed by atoms with Gasteiger partial charge in [0.15, 0.2) is 9.84 Å². The van der Waals surface area contributed by atoms with Gasteiger partial charge in [0.2, 0.25) is 0 Å². The van der Waals surface area contributed by atoms with Gasteiger partial charge in [0, 0.05) is 4.83 Å². The van der Waals surface area contributed by atoms with Crippen LogP contribution < -0.4 is 0 Å². The third kappa shape index (κ3) is 6.02. The third-order valence-electron chi connectivity index (χ3n) is 2.36. The summed E-state index contributed by atoms with van der Waals surface area (Å²) >= 11 is 3.54. The molecule has 0 aliphatic carbocycles. The van der Waals surface area contributed by atoms with Gasteiger partial charge in [0.05, 0.1) is 11.0 Å². The maximum Gasteiger partial charge on any atom is 0.152 e. The molecule has 0 N–H and O–H groups in total. The first-order valence-corrected chi connectivity index (χ1v) is 7.89. The molecule has 1 atom stereocenters. The fraction of sp³-hybridized carbons (Fsp3) is 1.00. The lowest BCUT2D eigenvalue weighted by Gasteiger charge is -2.08. The van der Waals surface area contributed by atoms with Crippen LogP contribution in [0.2, 0.25) is 0 Å². The summed E-state index contributed by atoms with van der Waals surface area (Å²) in [7, 11) is -2.82. The number of alkyl halides is 1. The molecule has 0 fully saturated rings. The van der Waals surface area contributed by atoms with E-state index in [1.54, 1.807) is 13.8 Å². The van der Waals surface area contributed by atoms with Crippen LogP contribution in [0.1, 0.15) is 46.5 Å². The van der Waals surface area contributed by atoms with Crippen molar-refractivity contribution < 1.29 is 8.42 Å². The monoisotopic (exact) mass is 284 g/mol. The Hall–Kier alpha value is 0.430. The van der Waals surface area contributed by atoms with Crippen LogP contribution in [0.25, 0.3) is 0 Å². The molecule has 0 heterocycles. The molecule has 0 aromatic heterocycles. The molecular formula is C10H21BrO2S. The van der Waals surface area contributed by atoms with Gasteiger partial charge in [-0.25, -0.2) is 8.42 Å². The first-order chi connectivity index (χ1) is 6.40. The fourth-order valence-corrected chi connectivity index (χ4v) is 2.51. The van der Waals surface area contributed by atoms with Gasteiger partial charge in [-0.2, -0.15) is 0 Å². The molecule has 0 saturated carbocycles. The number of rotatable bonds is 7. The maximum absolute atomic E-state index is 11.4. The summed E-state index contributed by atoms with van der Waals surface area (Å²) < 4.78 is 22.9. The lowest BCUT2D eigenvalue weighted by molar-refractivity contribution is 0.580. The van der Waals surface area contributed by atoms with Crippen LogP contribution >= 0.6 is 15.9 Å². The van der Waals surface area contributed by atoms with Crippen molar-refractivity contribution in [2.45, 2.75) is 56.5 Å². The average molecular weight is 285 g/mol. The van der Waals surface area contributed by atoms with Crippen molar-refractivity contribution in [1.82, 2.24) is 0 Å². The molecular weight excluding hydrogens is 264 g/mol. The Kier molecular flexibility index (Phi) is 7.04. The smallest absolute Gasteiger partial charge is 0.152 e. The second-order valence-electron chi connectivity index (χ2n) is 3.92. The minimum atomic E-state index is -2.82. The van der Waals surface area contributed by atoms with Crippen molar-refractivity contribution in [2.75, 3.05) is 5.75 Å². The summed E-state index contributed by atoms with van der Waals surface area (Å²) in [6.45, 7) is 5.62. The van der Waals surface area contributed by atoms with E-state index in [9.17, 15) is 8.42 Å². The van der Waals surface area contributed by atoms with Crippen molar-refractivity contribution in [1.29, 1.82) is 0 Å². The summed E-state index contributed by atoms with van der Waals surface area (Å²) in [6, 6.07) is 0. The Morgan fingerprint density at radius 2 is 1.79 bits per heavy atom. The molecule has 0 aliphatic rings. The summed E-state index contributed by atoms with van der Waals surface area (Å²) in [5.74, 6) is 0.341. The van der Waals surface area contributed by atoms with E-state index < -0.39 is 9.84 Å². The first-order valence-electron chi connectivity index (χ1n) is 5.25. The molecule has 0 amide bonds. The lowest BCUT2D eigenvalue weighted by Crippen LogP contribution is -2.17. The average Bonchev–Trinajstić information content (AvgIpc) is 2.11. The second-order valence-corrected chi connectivity index (χ2v) is 7.89. The van der Waals surface area contributed by atoms with Crippen molar-refractivity contribution in [2.24, 2.45) is 0 Å². The van der Waals surface area contributed by atoms with Crippen LogP contribution in [0.4, 0.5) is 0 Å². The largest absolute Gasteiger partial charge is 0.229 e. The Bertz CT molecular complexity index is 235. The predicted molar refractivity (Wildman–Crippen MR) is 65.8 cm³/mol. The van der Waals surface area contributed by atoms with Gasteiger partial charge in [0.25, 0.3) is 0 Å².